The van der Waals surface area contributed by atoms with E-state index in [2.05, 4.69) is 29.6 Å². The van der Waals surface area contributed by atoms with Crippen molar-refractivity contribution in [2.45, 2.75) is 51.6 Å². The number of carbonyl (C=O) groups is 1. The van der Waals surface area contributed by atoms with Crippen molar-refractivity contribution in [1.29, 1.82) is 0 Å². The zero-order valence-corrected chi connectivity index (χ0v) is 18.2. The number of carbonyl (C=O) groups excluding carboxylic acids is 1. The molecule has 1 aromatic rings. The van der Waals surface area contributed by atoms with E-state index >= 15 is 0 Å². The number of methoxy groups -OCH3 is 2. The van der Waals surface area contributed by atoms with Gasteiger partial charge in [0.2, 0.25) is 0 Å². The predicted octanol–water partition coefficient (Wildman–Crippen LogP) is 3.78. The maximum Gasteiger partial charge on any atom is 0.409 e. The van der Waals surface area contributed by atoms with E-state index in [0.29, 0.717) is 13.1 Å². The molecule has 1 aromatic carbocycles. The number of rotatable bonds is 6. The number of hydrazone groups is 1. The number of nitrogens with one attached hydrogen (secondary N) is 1. The molecular weight excluding hydrogens is 370 g/mol. The van der Waals surface area contributed by atoms with E-state index in [1.807, 2.05) is 13.0 Å². The largest absolute Gasteiger partial charge is 0.493 e. The molecule has 7 nitrogen and oxygen atoms in total. The first-order chi connectivity index (χ1) is 13.9. The van der Waals surface area contributed by atoms with Crippen LogP contribution in [-0.4, -0.2) is 57.2 Å². The summed E-state index contributed by atoms with van der Waals surface area (Å²) in [6.07, 6.45) is 4.51. The van der Waals surface area contributed by atoms with Crippen LogP contribution in [0.1, 0.15) is 51.0 Å². The molecule has 1 aliphatic carbocycles. The minimum absolute atomic E-state index is 0.0653. The quantitative estimate of drug-likeness (QED) is 0.578. The highest BCUT2D eigenvalue weighted by Crippen LogP contribution is 2.46. The minimum atomic E-state index is -0.323. The molecule has 1 saturated carbocycles. The summed E-state index contributed by atoms with van der Waals surface area (Å²) >= 11 is 0. The zero-order valence-electron chi connectivity index (χ0n) is 18.2. The molecule has 1 N–H and O–H groups in total. The van der Waals surface area contributed by atoms with Crippen molar-refractivity contribution in [3.63, 3.8) is 0 Å². The molecule has 1 unspecified atom stereocenters. The van der Waals surface area contributed by atoms with Crippen molar-refractivity contribution < 1.29 is 19.0 Å². The van der Waals surface area contributed by atoms with Gasteiger partial charge in [0.15, 0.2) is 11.5 Å². The molecule has 3 rings (SSSR count). The minimum Gasteiger partial charge on any atom is -0.493 e. The van der Waals surface area contributed by atoms with E-state index in [0.717, 1.165) is 35.6 Å². The van der Waals surface area contributed by atoms with Crippen LogP contribution in [0, 0.1) is 5.41 Å². The Labute approximate surface area is 173 Å². The smallest absolute Gasteiger partial charge is 0.409 e. The van der Waals surface area contributed by atoms with Crippen molar-refractivity contribution in [2.75, 3.05) is 34.4 Å². The Morgan fingerprint density at radius 2 is 1.97 bits per heavy atom. The van der Waals surface area contributed by atoms with E-state index in [1.54, 1.807) is 19.1 Å². The standard InChI is InChI=1S/C22H33N3O4/c1-15(24-23-3)22(2)14-25(21(26)28-5)13-18(22)16-10-11-19(27-4)20(12-16)29-17-8-6-7-9-17/h10-12,17-18,23H,6-9,13-14H2,1-5H3/b24-15+/t18?,22-/m1/s1. The number of hydrogen-bond acceptors (Lipinski definition) is 6. The topological polar surface area (TPSA) is 72.4 Å². The molecule has 0 spiro atoms. The Balaban J connectivity index is 1.96. The van der Waals surface area contributed by atoms with Gasteiger partial charge in [0.1, 0.15) is 0 Å². The third kappa shape index (κ3) is 4.28. The summed E-state index contributed by atoms with van der Waals surface area (Å²) in [6, 6.07) is 6.11. The van der Waals surface area contributed by atoms with Crippen LogP contribution in [0.4, 0.5) is 4.79 Å². The Bertz CT molecular complexity index is 760. The summed E-state index contributed by atoms with van der Waals surface area (Å²) in [6.45, 7) is 5.27. The third-order valence-corrected chi connectivity index (χ3v) is 6.42. The second-order valence-electron chi connectivity index (χ2n) is 8.18. The molecule has 7 heteroatoms. The second-order valence-corrected chi connectivity index (χ2v) is 8.18. The highest BCUT2D eigenvalue weighted by atomic mass is 16.5. The van der Waals surface area contributed by atoms with Gasteiger partial charge >= 0.3 is 6.09 Å². The SMILES string of the molecule is CN/N=C(\C)[C@@]1(C)CN(C(=O)OC)CC1c1ccc(OC)c(OC2CCCC2)c1. The van der Waals surface area contributed by atoms with Gasteiger partial charge in [-0.3, -0.25) is 0 Å². The molecule has 0 radical (unpaired) electrons. The van der Waals surface area contributed by atoms with Crippen LogP contribution in [-0.2, 0) is 4.74 Å². The van der Waals surface area contributed by atoms with Gasteiger partial charge in [-0.1, -0.05) is 13.0 Å². The fourth-order valence-electron chi connectivity index (χ4n) is 4.58. The van der Waals surface area contributed by atoms with Crippen molar-refractivity contribution in [2.24, 2.45) is 10.5 Å². The Kier molecular flexibility index (Phi) is 6.55. The first-order valence-corrected chi connectivity index (χ1v) is 10.3. The normalized spacial score (nSPS) is 25.2. The van der Waals surface area contributed by atoms with Crippen LogP contribution in [0.2, 0.25) is 0 Å². The number of nitrogens with zero attached hydrogens (tertiary/aromatic N) is 2. The van der Waals surface area contributed by atoms with E-state index in [-0.39, 0.29) is 23.5 Å². The molecule has 1 amide bonds. The van der Waals surface area contributed by atoms with Crippen LogP contribution in [0.5, 0.6) is 11.5 Å². The van der Waals surface area contributed by atoms with E-state index in [1.165, 1.54) is 20.0 Å². The summed E-state index contributed by atoms with van der Waals surface area (Å²) in [7, 11) is 4.87. The molecule has 1 aliphatic heterocycles. The lowest BCUT2D eigenvalue weighted by atomic mass is 9.73. The van der Waals surface area contributed by atoms with Crippen LogP contribution in [0.25, 0.3) is 0 Å². The highest BCUT2D eigenvalue weighted by molar-refractivity contribution is 5.90. The lowest BCUT2D eigenvalue weighted by molar-refractivity contribution is 0.130. The third-order valence-electron chi connectivity index (χ3n) is 6.42. The molecule has 160 valence electrons. The van der Waals surface area contributed by atoms with Crippen LogP contribution in [0.15, 0.2) is 23.3 Å². The van der Waals surface area contributed by atoms with Gasteiger partial charge in [0, 0.05) is 37.2 Å². The molecule has 29 heavy (non-hydrogen) atoms. The van der Waals surface area contributed by atoms with Crippen molar-refractivity contribution >= 4 is 11.8 Å². The lowest BCUT2D eigenvalue weighted by Crippen LogP contribution is -2.36. The molecule has 2 atom stereocenters. The number of benzene rings is 1. The number of hydrogen-bond donors (Lipinski definition) is 1. The number of ether oxygens (including phenoxy) is 3. The number of amides is 1. The fraction of sp³-hybridized carbons (Fsp3) is 0.636. The van der Waals surface area contributed by atoms with E-state index in [4.69, 9.17) is 14.2 Å². The van der Waals surface area contributed by atoms with Gasteiger partial charge in [-0.2, -0.15) is 5.10 Å². The first kappa shape index (κ1) is 21.3. The lowest BCUT2D eigenvalue weighted by Gasteiger charge is -2.31. The Morgan fingerprint density at radius 1 is 1.24 bits per heavy atom. The van der Waals surface area contributed by atoms with E-state index in [9.17, 15) is 4.79 Å². The summed E-state index contributed by atoms with van der Waals surface area (Å²) in [5.74, 6) is 1.58. The molecule has 0 aromatic heterocycles. The van der Waals surface area contributed by atoms with Gasteiger partial charge < -0.3 is 24.5 Å². The predicted molar refractivity (Wildman–Crippen MR) is 113 cm³/mol. The van der Waals surface area contributed by atoms with E-state index < -0.39 is 0 Å². The maximum atomic E-state index is 12.3. The van der Waals surface area contributed by atoms with Gasteiger partial charge in [-0.25, -0.2) is 4.79 Å². The van der Waals surface area contributed by atoms with Gasteiger partial charge in [0.05, 0.1) is 20.3 Å². The summed E-state index contributed by atoms with van der Waals surface area (Å²) in [5.41, 5.74) is 4.62. The van der Waals surface area contributed by atoms with Gasteiger partial charge in [-0.05, 0) is 50.3 Å². The van der Waals surface area contributed by atoms with Crippen molar-refractivity contribution in [3.05, 3.63) is 23.8 Å². The molecule has 1 saturated heterocycles. The Hall–Kier alpha value is -2.44. The average Bonchev–Trinajstić information content (AvgIpc) is 3.36. The van der Waals surface area contributed by atoms with Crippen LogP contribution < -0.4 is 14.9 Å². The molecule has 0 bridgehead atoms. The van der Waals surface area contributed by atoms with Crippen molar-refractivity contribution in [1.82, 2.24) is 10.3 Å². The molecular formula is C22H33N3O4. The zero-order chi connectivity index (χ0) is 21.0. The van der Waals surface area contributed by atoms with Crippen LogP contribution in [0.3, 0.4) is 0 Å². The monoisotopic (exact) mass is 403 g/mol. The average molecular weight is 404 g/mol. The fourth-order valence-corrected chi connectivity index (χ4v) is 4.58. The summed E-state index contributed by atoms with van der Waals surface area (Å²) in [4.78, 5) is 14.0. The summed E-state index contributed by atoms with van der Waals surface area (Å²) < 4.78 is 16.8. The van der Waals surface area contributed by atoms with Gasteiger partial charge in [0.25, 0.3) is 0 Å². The van der Waals surface area contributed by atoms with Crippen molar-refractivity contribution in [3.8, 4) is 11.5 Å². The van der Waals surface area contributed by atoms with Crippen LogP contribution >= 0.6 is 0 Å². The Morgan fingerprint density at radius 3 is 2.59 bits per heavy atom. The second kappa shape index (κ2) is 8.93. The molecule has 2 fully saturated rings. The maximum absolute atomic E-state index is 12.3. The number of likely N-dealkylation sites (tertiary alicyclic amines) is 1. The summed E-state index contributed by atoms with van der Waals surface area (Å²) in [5, 5.41) is 4.44. The highest BCUT2D eigenvalue weighted by Gasteiger charge is 2.48. The molecule has 1 heterocycles. The molecule has 2 aliphatic rings. The van der Waals surface area contributed by atoms with Gasteiger partial charge in [-0.15, -0.1) is 0 Å². The first-order valence-electron chi connectivity index (χ1n) is 10.3.